The number of ether oxygens (including phenoxy) is 1. The number of primary amides is 1. The van der Waals surface area contributed by atoms with Crippen molar-refractivity contribution in [2.24, 2.45) is 5.73 Å². The molecule has 2 aromatic carbocycles. The maximum atomic E-state index is 13.4. The molecule has 2 fully saturated rings. The van der Waals surface area contributed by atoms with Gasteiger partial charge in [0.15, 0.2) is 0 Å². The second-order valence-corrected chi connectivity index (χ2v) is 10.6. The van der Waals surface area contributed by atoms with Crippen LogP contribution in [0.25, 0.3) is 10.9 Å². The van der Waals surface area contributed by atoms with Crippen molar-refractivity contribution in [3.05, 3.63) is 71.4 Å². The summed E-state index contributed by atoms with van der Waals surface area (Å²) in [6.07, 6.45) is 0.927. The lowest BCUT2D eigenvalue weighted by Crippen LogP contribution is -2.73. The van der Waals surface area contributed by atoms with Crippen LogP contribution in [0.5, 0.6) is 5.75 Å². The summed E-state index contributed by atoms with van der Waals surface area (Å²) < 4.78 is 6.09. The third-order valence-corrected chi connectivity index (χ3v) is 7.93. The Morgan fingerprint density at radius 1 is 1.02 bits per heavy atom. The molecule has 0 radical (unpaired) electrons. The Bertz CT molecular complexity index is 1460. The van der Waals surface area contributed by atoms with Gasteiger partial charge in [0.1, 0.15) is 12.4 Å². The SMILES string of the molecule is Cc1cc(COc2ccc(C3(N4CCN(C(C)CCC(N)=O)CC4)C(=O)NC(=O)NC3=O)cc2)c2ccccc2n1. The van der Waals surface area contributed by atoms with Gasteiger partial charge in [0.05, 0.1) is 5.52 Å². The zero-order chi connectivity index (χ0) is 29.1. The van der Waals surface area contributed by atoms with Crippen LogP contribution in [0.3, 0.4) is 0 Å². The van der Waals surface area contributed by atoms with E-state index in [2.05, 4.69) is 20.5 Å². The lowest BCUT2D eigenvalue weighted by molar-refractivity contribution is -0.150. The van der Waals surface area contributed by atoms with Crippen molar-refractivity contribution in [2.75, 3.05) is 26.2 Å². The zero-order valence-corrected chi connectivity index (χ0v) is 23.2. The molecule has 1 aromatic heterocycles. The number of rotatable bonds is 9. The predicted octanol–water partition coefficient (Wildman–Crippen LogP) is 1.96. The monoisotopic (exact) mass is 558 g/mol. The normalized spacial score (nSPS) is 18.5. The molecule has 0 bridgehead atoms. The largest absolute Gasteiger partial charge is 0.489 e. The van der Waals surface area contributed by atoms with Crippen molar-refractivity contribution < 1.29 is 23.9 Å². The van der Waals surface area contributed by atoms with E-state index in [-0.39, 0.29) is 11.9 Å². The molecule has 4 N–H and O–H groups in total. The number of nitrogens with two attached hydrogens (primary N) is 1. The van der Waals surface area contributed by atoms with E-state index in [1.165, 1.54) is 0 Å². The van der Waals surface area contributed by atoms with Gasteiger partial charge >= 0.3 is 6.03 Å². The van der Waals surface area contributed by atoms with Crippen LogP contribution in [0.15, 0.2) is 54.6 Å². The molecule has 0 aliphatic carbocycles. The number of nitrogens with zero attached hydrogens (tertiary/aromatic N) is 3. The van der Waals surface area contributed by atoms with E-state index in [9.17, 15) is 19.2 Å². The number of urea groups is 1. The maximum Gasteiger partial charge on any atom is 0.328 e. The number of pyridine rings is 1. The molecule has 5 amide bonds. The highest BCUT2D eigenvalue weighted by Gasteiger charge is 2.56. The fraction of sp³-hybridized carbons (Fsp3) is 0.367. The molecule has 3 aromatic rings. The molecule has 5 rings (SSSR count). The first kappa shape index (κ1) is 28.2. The van der Waals surface area contributed by atoms with Gasteiger partial charge in [-0.2, -0.15) is 0 Å². The van der Waals surface area contributed by atoms with Crippen molar-refractivity contribution in [2.45, 2.75) is 44.9 Å². The molecule has 41 heavy (non-hydrogen) atoms. The highest BCUT2D eigenvalue weighted by molar-refractivity contribution is 6.22. The fourth-order valence-electron chi connectivity index (χ4n) is 5.75. The average Bonchev–Trinajstić information content (AvgIpc) is 2.95. The fourth-order valence-corrected chi connectivity index (χ4v) is 5.75. The van der Waals surface area contributed by atoms with E-state index in [1.807, 2.05) is 49.1 Å². The number of carbonyl (C=O) groups is 4. The lowest BCUT2D eigenvalue weighted by Gasteiger charge is -2.47. The number of aryl methyl sites for hydroxylation is 1. The first-order chi connectivity index (χ1) is 19.7. The van der Waals surface area contributed by atoms with Gasteiger partial charge in [-0.25, -0.2) is 4.79 Å². The van der Waals surface area contributed by atoms with Gasteiger partial charge < -0.3 is 10.5 Å². The minimum absolute atomic E-state index is 0.119. The van der Waals surface area contributed by atoms with E-state index in [0.29, 0.717) is 56.9 Å². The van der Waals surface area contributed by atoms with Gasteiger partial charge in [0.25, 0.3) is 11.8 Å². The highest BCUT2D eigenvalue weighted by Crippen LogP contribution is 2.34. The van der Waals surface area contributed by atoms with Crippen LogP contribution in [0.4, 0.5) is 4.79 Å². The summed E-state index contributed by atoms with van der Waals surface area (Å²) in [5.74, 6) is -1.14. The number of amides is 5. The zero-order valence-electron chi connectivity index (χ0n) is 23.2. The van der Waals surface area contributed by atoms with Crippen molar-refractivity contribution >= 4 is 34.7 Å². The second kappa shape index (κ2) is 11.6. The second-order valence-electron chi connectivity index (χ2n) is 10.6. The molecule has 1 atom stereocenters. The Labute approximate surface area is 238 Å². The number of carbonyl (C=O) groups excluding carboxylic acids is 4. The van der Waals surface area contributed by atoms with Crippen LogP contribution in [0.1, 0.15) is 36.6 Å². The van der Waals surface area contributed by atoms with Crippen molar-refractivity contribution in [3.63, 3.8) is 0 Å². The quantitative estimate of drug-likeness (QED) is 0.338. The van der Waals surface area contributed by atoms with Crippen molar-refractivity contribution in [1.29, 1.82) is 0 Å². The molecule has 1 unspecified atom stereocenters. The van der Waals surface area contributed by atoms with Crippen LogP contribution >= 0.6 is 0 Å². The summed E-state index contributed by atoms with van der Waals surface area (Å²) in [5, 5.41) is 5.60. The van der Waals surface area contributed by atoms with Gasteiger partial charge in [0.2, 0.25) is 11.4 Å². The summed E-state index contributed by atoms with van der Waals surface area (Å²) in [4.78, 5) is 58.7. The number of piperazine rings is 1. The molecule has 0 saturated carbocycles. The molecular formula is C30H34N6O5. The number of aromatic nitrogens is 1. The minimum atomic E-state index is -1.71. The summed E-state index contributed by atoms with van der Waals surface area (Å²) >= 11 is 0. The van der Waals surface area contributed by atoms with Crippen molar-refractivity contribution in [1.82, 2.24) is 25.4 Å². The molecule has 2 aliphatic rings. The van der Waals surface area contributed by atoms with Crippen LogP contribution in [-0.4, -0.2) is 70.8 Å². The molecule has 11 heteroatoms. The summed E-state index contributed by atoms with van der Waals surface area (Å²) in [5.41, 5.74) is 6.82. The Kier molecular flexibility index (Phi) is 8.00. The van der Waals surface area contributed by atoms with Gasteiger partial charge in [-0.1, -0.05) is 30.3 Å². The number of para-hydroxylation sites is 1. The summed E-state index contributed by atoms with van der Waals surface area (Å²) in [7, 11) is 0. The predicted molar refractivity (Wildman–Crippen MR) is 152 cm³/mol. The molecule has 214 valence electrons. The standard InChI is InChI=1S/C30H34N6O5/c1-19-17-21(24-5-3-4-6-25(24)32-19)18-41-23-10-8-22(9-11-23)30(27(38)33-29(40)34-28(30)39)36-15-13-35(14-16-36)20(2)7-12-26(31)37/h3-6,8-11,17,20H,7,12-16,18H2,1-2H3,(H2,31,37)(H2,33,34,38,39,40). The number of fused-ring (bicyclic) bond motifs is 1. The highest BCUT2D eigenvalue weighted by atomic mass is 16.5. The molecular weight excluding hydrogens is 524 g/mol. The van der Waals surface area contributed by atoms with Crippen LogP contribution in [0.2, 0.25) is 0 Å². The third-order valence-electron chi connectivity index (χ3n) is 7.93. The van der Waals surface area contributed by atoms with Crippen molar-refractivity contribution in [3.8, 4) is 5.75 Å². The maximum absolute atomic E-state index is 13.4. The van der Waals surface area contributed by atoms with Gasteiger partial charge in [-0.05, 0) is 50.1 Å². The third kappa shape index (κ3) is 5.63. The first-order valence-corrected chi connectivity index (χ1v) is 13.7. The number of barbiturate groups is 1. The summed E-state index contributed by atoms with van der Waals surface area (Å²) in [6.45, 7) is 6.26. The van der Waals surface area contributed by atoms with E-state index >= 15 is 0 Å². The number of hydrogen-bond donors (Lipinski definition) is 3. The van der Waals surface area contributed by atoms with E-state index in [1.54, 1.807) is 24.3 Å². The minimum Gasteiger partial charge on any atom is -0.489 e. The molecule has 0 spiro atoms. The summed E-state index contributed by atoms with van der Waals surface area (Å²) in [6, 6.07) is 16.0. The number of nitrogens with one attached hydrogen (secondary N) is 2. The van der Waals surface area contributed by atoms with Gasteiger partial charge in [0, 0.05) is 55.3 Å². The Balaban J connectivity index is 1.36. The van der Waals surface area contributed by atoms with E-state index in [4.69, 9.17) is 10.5 Å². The van der Waals surface area contributed by atoms with Gasteiger partial charge in [-0.3, -0.25) is 39.8 Å². The molecule has 2 aliphatic heterocycles. The number of imide groups is 2. The van der Waals surface area contributed by atoms with Gasteiger partial charge in [-0.15, -0.1) is 0 Å². The van der Waals surface area contributed by atoms with E-state index < -0.39 is 23.4 Å². The Morgan fingerprint density at radius 3 is 2.34 bits per heavy atom. The topological polar surface area (TPSA) is 147 Å². The Morgan fingerprint density at radius 2 is 1.68 bits per heavy atom. The average molecular weight is 559 g/mol. The van der Waals surface area contributed by atoms with Crippen LogP contribution in [-0.2, 0) is 26.5 Å². The molecule has 11 nitrogen and oxygen atoms in total. The molecule has 2 saturated heterocycles. The van der Waals surface area contributed by atoms with Crippen LogP contribution < -0.4 is 21.1 Å². The molecule has 3 heterocycles. The first-order valence-electron chi connectivity index (χ1n) is 13.7. The lowest BCUT2D eigenvalue weighted by atomic mass is 9.83. The number of benzene rings is 2. The van der Waals surface area contributed by atoms with E-state index in [0.717, 1.165) is 22.2 Å². The number of hydrogen-bond acceptors (Lipinski definition) is 8. The smallest absolute Gasteiger partial charge is 0.328 e. The van der Waals surface area contributed by atoms with Crippen LogP contribution in [0, 0.1) is 6.92 Å². The Hall–Kier alpha value is -4.35.